The Morgan fingerprint density at radius 2 is 1.89 bits per heavy atom. The molecule has 1 saturated heterocycles. The molecule has 1 aromatic rings. The van der Waals surface area contributed by atoms with Gasteiger partial charge in [-0.25, -0.2) is 0 Å². The number of benzene rings is 1. The highest BCUT2D eigenvalue weighted by Gasteiger charge is 2.21. The zero-order valence-corrected chi connectivity index (χ0v) is 18.7. The van der Waals surface area contributed by atoms with E-state index in [1.54, 1.807) is 13.2 Å². The Kier molecular flexibility index (Phi) is 12.2. The lowest BCUT2D eigenvalue weighted by Gasteiger charge is -2.37. The number of ether oxygens (including phenoxy) is 2. The van der Waals surface area contributed by atoms with Gasteiger partial charge in [0.15, 0.2) is 5.96 Å². The van der Waals surface area contributed by atoms with Gasteiger partial charge in [0.2, 0.25) is 0 Å². The molecule has 8 heteroatoms. The first-order chi connectivity index (χ1) is 12.8. The number of halogens is 1. The van der Waals surface area contributed by atoms with Crippen molar-refractivity contribution in [2.75, 3.05) is 71.1 Å². The van der Waals surface area contributed by atoms with Crippen molar-refractivity contribution in [2.45, 2.75) is 13.3 Å². The fourth-order valence-electron chi connectivity index (χ4n) is 2.91. The highest BCUT2D eigenvalue weighted by Crippen LogP contribution is 2.27. The minimum Gasteiger partial charge on any atom is -0.506 e. The second kappa shape index (κ2) is 13.8. The number of methoxy groups -OCH3 is 1. The Hall–Kier alpha value is -1.26. The van der Waals surface area contributed by atoms with Gasteiger partial charge in [-0.15, -0.1) is 24.0 Å². The Balaban J connectivity index is 0.00000364. The molecule has 154 valence electrons. The number of phenols is 1. The van der Waals surface area contributed by atoms with Crippen molar-refractivity contribution in [3.05, 3.63) is 24.3 Å². The number of hydrogen-bond donors (Lipinski definition) is 2. The minimum absolute atomic E-state index is 0. The average Bonchev–Trinajstić information content (AvgIpc) is 2.67. The fraction of sp³-hybridized carbons (Fsp3) is 0.632. The molecule has 0 unspecified atom stereocenters. The molecule has 1 heterocycles. The third-order valence-electron chi connectivity index (χ3n) is 4.28. The topological polar surface area (TPSA) is 69.6 Å². The molecule has 2 rings (SSSR count). The van der Waals surface area contributed by atoms with Crippen LogP contribution in [0.5, 0.6) is 5.75 Å². The highest BCUT2D eigenvalue weighted by molar-refractivity contribution is 14.0. The molecule has 1 fully saturated rings. The molecule has 0 aromatic heterocycles. The molecule has 0 saturated carbocycles. The summed E-state index contributed by atoms with van der Waals surface area (Å²) in [5.41, 5.74) is 0.905. The van der Waals surface area contributed by atoms with Gasteiger partial charge in [0.1, 0.15) is 5.75 Å². The average molecular weight is 492 g/mol. The van der Waals surface area contributed by atoms with Gasteiger partial charge in [0.05, 0.1) is 18.9 Å². The van der Waals surface area contributed by atoms with E-state index in [4.69, 9.17) is 14.5 Å². The Bertz CT molecular complexity index is 552. The van der Waals surface area contributed by atoms with Crippen LogP contribution in [0.1, 0.15) is 13.3 Å². The van der Waals surface area contributed by atoms with Gasteiger partial charge < -0.3 is 29.7 Å². The molecule has 1 aromatic carbocycles. The SMILES string of the molecule is CCNC(=NCCCOCCOC)N1CCN(c2ccccc2O)CC1.I. The molecule has 0 amide bonds. The Morgan fingerprint density at radius 3 is 2.56 bits per heavy atom. The highest BCUT2D eigenvalue weighted by atomic mass is 127. The normalized spacial score (nSPS) is 14.8. The molecule has 1 aliphatic rings. The van der Waals surface area contributed by atoms with Gasteiger partial charge >= 0.3 is 0 Å². The summed E-state index contributed by atoms with van der Waals surface area (Å²) < 4.78 is 10.4. The first kappa shape index (κ1) is 23.8. The number of phenolic OH excluding ortho intramolecular Hbond substituents is 1. The summed E-state index contributed by atoms with van der Waals surface area (Å²) in [6, 6.07) is 7.52. The van der Waals surface area contributed by atoms with Gasteiger partial charge in [-0.1, -0.05) is 12.1 Å². The lowest BCUT2D eigenvalue weighted by atomic mass is 10.2. The predicted molar refractivity (Wildman–Crippen MR) is 121 cm³/mol. The second-order valence-electron chi connectivity index (χ2n) is 6.16. The number of piperazine rings is 1. The molecular formula is C19H33IN4O3. The van der Waals surface area contributed by atoms with Crippen LogP contribution < -0.4 is 10.2 Å². The Labute approximate surface area is 179 Å². The third kappa shape index (κ3) is 8.10. The monoisotopic (exact) mass is 492 g/mol. The van der Waals surface area contributed by atoms with Crippen LogP contribution in [-0.2, 0) is 9.47 Å². The van der Waals surface area contributed by atoms with Crippen molar-refractivity contribution in [3.63, 3.8) is 0 Å². The molecule has 0 radical (unpaired) electrons. The van der Waals surface area contributed by atoms with Crippen molar-refractivity contribution in [3.8, 4) is 5.75 Å². The summed E-state index contributed by atoms with van der Waals surface area (Å²) in [7, 11) is 1.68. The number of para-hydroxylation sites is 2. The largest absolute Gasteiger partial charge is 0.506 e. The van der Waals surface area contributed by atoms with E-state index in [1.165, 1.54) is 0 Å². The lowest BCUT2D eigenvalue weighted by Crippen LogP contribution is -2.52. The quantitative estimate of drug-likeness (QED) is 0.238. The number of nitrogens with zero attached hydrogens (tertiary/aromatic N) is 3. The number of guanidine groups is 1. The van der Waals surface area contributed by atoms with Gasteiger partial charge in [0, 0.05) is 53.0 Å². The second-order valence-corrected chi connectivity index (χ2v) is 6.16. The molecule has 27 heavy (non-hydrogen) atoms. The van der Waals surface area contributed by atoms with Gasteiger partial charge in [-0.05, 0) is 25.5 Å². The van der Waals surface area contributed by atoms with Crippen molar-refractivity contribution >= 4 is 35.6 Å². The summed E-state index contributed by atoms with van der Waals surface area (Å²) in [5.74, 6) is 1.30. The maximum Gasteiger partial charge on any atom is 0.194 e. The molecule has 7 nitrogen and oxygen atoms in total. The number of aliphatic imine (C=N–C) groups is 1. The summed E-state index contributed by atoms with van der Waals surface area (Å²) >= 11 is 0. The van der Waals surface area contributed by atoms with Crippen molar-refractivity contribution in [2.24, 2.45) is 4.99 Å². The van der Waals surface area contributed by atoms with E-state index in [-0.39, 0.29) is 24.0 Å². The number of aromatic hydroxyl groups is 1. The van der Waals surface area contributed by atoms with Crippen molar-refractivity contribution in [1.82, 2.24) is 10.2 Å². The van der Waals surface area contributed by atoms with E-state index in [0.29, 0.717) is 25.6 Å². The lowest BCUT2D eigenvalue weighted by molar-refractivity contribution is 0.0702. The zero-order chi connectivity index (χ0) is 18.6. The summed E-state index contributed by atoms with van der Waals surface area (Å²) in [6.45, 7) is 9.13. The molecule has 0 aliphatic carbocycles. The standard InChI is InChI=1S/C19H32N4O3.HI/c1-3-20-19(21-9-6-14-26-16-15-25-2)23-12-10-22(11-13-23)17-7-4-5-8-18(17)24;/h4-5,7-8,24H,3,6,9-16H2,1-2H3,(H,20,21);1H. The summed E-state index contributed by atoms with van der Waals surface area (Å²) in [6.07, 6.45) is 0.899. The first-order valence-corrected chi connectivity index (χ1v) is 9.39. The van der Waals surface area contributed by atoms with Gasteiger partial charge in [-0.3, -0.25) is 4.99 Å². The van der Waals surface area contributed by atoms with E-state index >= 15 is 0 Å². The minimum atomic E-state index is 0. The van der Waals surface area contributed by atoms with E-state index in [9.17, 15) is 5.11 Å². The molecular weight excluding hydrogens is 459 g/mol. The maximum atomic E-state index is 10.0. The number of nitrogens with one attached hydrogen (secondary N) is 1. The van der Waals surface area contributed by atoms with E-state index in [0.717, 1.165) is 57.3 Å². The van der Waals surface area contributed by atoms with Crippen LogP contribution >= 0.6 is 24.0 Å². The molecule has 2 N–H and O–H groups in total. The smallest absolute Gasteiger partial charge is 0.194 e. The summed E-state index contributed by atoms with van der Waals surface area (Å²) in [5, 5.41) is 13.4. The summed E-state index contributed by atoms with van der Waals surface area (Å²) in [4.78, 5) is 9.23. The van der Waals surface area contributed by atoms with Crippen LogP contribution in [0.3, 0.4) is 0 Å². The van der Waals surface area contributed by atoms with E-state index < -0.39 is 0 Å². The van der Waals surface area contributed by atoms with Gasteiger partial charge in [-0.2, -0.15) is 0 Å². The molecule has 0 bridgehead atoms. The predicted octanol–water partition coefficient (Wildman–Crippen LogP) is 2.15. The molecule has 0 spiro atoms. The molecule has 0 atom stereocenters. The van der Waals surface area contributed by atoms with Crippen LogP contribution in [0, 0.1) is 0 Å². The third-order valence-corrected chi connectivity index (χ3v) is 4.28. The van der Waals surface area contributed by atoms with Crippen LogP contribution in [0.15, 0.2) is 29.3 Å². The van der Waals surface area contributed by atoms with E-state index in [1.807, 2.05) is 18.2 Å². The van der Waals surface area contributed by atoms with Gasteiger partial charge in [0.25, 0.3) is 0 Å². The number of hydrogen-bond acceptors (Lipinski definition) is 5. The van der Waals surface area contributed by atoms with Crippen LogP contribution in [0.25, 0.3) is 0 Å². The first-order valence-electron chi connectivity index (χ1n) is 9.39. The van der Waals surface area contributed by atoms with Crippen molar-refractivity contribution in [1.29, 1.82) is 0 Å². The number of rotatable bonds is 9. The van der Waals surface area contributed by atoms with Crippen LogP contribution in [0.2, 0.25) is 0 Å². The number of anilines is 1. The maximum absolute atomic E-state index is 10.0. The van der Waals surface area contributed by atoms with Crippen LogP contribution in [-0.4, -0.2) is 82.2 Å². The Morgan fingerprint density at radius 1 is 1.15 bits per heavy atom. The van der Waals surface area contributed by atoms with Crippen LogP contribution in [0.4, 0.5) is 5.69 Å². The van der Waals surface area contributed by atoms with Crippen molar-refractivity contribution < 1.29 is 14.6 Å². The molecule has 1 aliphatic heterocycles. The zero-order valence-electron chi connectivity index (χ0n) is 16.4. The van der Waals surface area contributed by atoms with E-state index in [2.05, 4.69) is 22.0 Å². The fourth-order valence-corrected chi connectivity index (χ4v) is 2.91.